The smallest absolute Gasteiger partial charge is 0.251 e. The van der Waals surface area contributed by atoms with E-state index in [1.807, 2.05) is 24.3 Å². The average molecular weight is 1140 g/mol. The fourth-order valence-electron chi connectivity index (χ4n) is 11.2. The number of aromatic hydroxyl groups is 1. The average Bonchev–Trinajstić information content (AvgIpc) is 4.36. The Hall–Kier alpha value is -7.66. The van der Waals surface area contributed by atoms with Gasteiger partial charge in [0, 0.05) is 69.2 Å². The van der Waals surface area contributed by atoms with E-state index in [1.165, 1.54) is 61.0 Å². The summed E-state index contributed by atoms with van der Waals surface area (Å²) in [5.41, 5.74) is 20.5. The van der Waals surface area contributed by atoms with Crippen molar-refractivity contribution in [3.8, 4) is 11.5 Å². The van der Waals surface area contributed by atoms with Gasteiger partial charge in [0.05, 0.1) is 18.8 Å². The highest BCUT2D eigenvalue weighted by atomic mass is 16.5. The number of carbonyl (C=O) groups excluding carboxylic acids is 7. The van der Waals surface area contributed by atoms with Gasteiger partial charge in [0.15, 0.2) is 5.96 Å². The van der Waals surface area contributed by atoms with Gasteiger partial charge in [-0.25, -0.2) is 4.99 Å². The molecule has 0 radical (unpaired) electrons. The number of rotatable bonds is 19. The number of benzene rings is 3. The van der Waals surface area contributed by atoms with Crippen molar-refractivity contribution in [1.29, 1.82) is 0 Å². The number of hydrogen-bond acceptors (Lipinski definition) is 14. The lowest BCUT2D eigenvalue weighted by Gasteiger charge is -2.37. The van der Waals surface area contributed by atoms with Crippen molar-refractivity contribution in [3.63, 3.8) is 0 Å². The van der Waals surface area contributed by atoms with Crippen LogP contribution in [0.1, 0.15) is 113 Å². The second kappa shape index (κ2) is 30.4. The van der Waals surface area contributed by atoms with Crippen molar-refractivity contribution < 1.29 is 48.5 Å². The lowest BCUT2D eigenvalue weighted by atomic mass is 10.0. The summed E-state index contributed by atoms with van der Waals surface area (Å²) in [5.74, 6) is -4.06. The molecule has 4 heterocycles. The normalized spacial score (nSPS) is 23.8. The Morgan fingerprint density at radius 1 is 0.720 bits per heavy atom. The zero-order valence-corrected chi connectivity index (χ0v) is 47.4. The summed E-state index contributed by atoms with van der Waals surface area (Å²) in [4.78, 5) is 112. The minimum Gasteiger partial charge on any atom is -0.508 e. The van der Waals surface area contributed by atoms with Crippen LogP contribution in [0.2, 0.25) is 0 Å². The fourth-order valence-corrected chi connectivity index (χ4v) is 11.2. The van der Waals surface area contributed by atoms with Gasteiger partial charge >= 0.3 is 0 Å². The summed E-state index contributed by atoms with van der Waals surface area (Å²) in [7, 11) is 0. The SMILES string of the molecule is CCCCCCCCOc1ccc(N2CCN(c3ccc(C(=O)NC4CCCNC(=O)C5CC(N=C(N)N)CN5C(=O)C(CCN)NC(=O)C(CCc5ccc(O)cc5)NC(=O)C5CCCN5C(=O)C([C@@H](C)O)NC4=O)cc3)CC2)cc1. The second-order valence-electron chi connectivity index (χ2n) is 21.9. The first-order valence-electron chi connectivity index (χ1n) is 29.2. The number of phenols is 1. The van der Waals surface area contributed by atoms with E-state index in [1.54, 1.807) is 24.3 Å². The molecule has 0 bridgehead atoms. The summed E-state index contributed by atoms with van der Waals surface area (Å²) in [6, 6.07) is 13.4. The first-order chi connectivity index (χ1) is 39.5. The lowest BCUT2D eigenvalue weighted by molar-refractivity contribution is -0.144. The van der Waals surface area contributed by atoms with E-state index in [-0.39, 0.29) is 88.4 Å². The molecule has 0 aliphatic carbocycles. The van der Waals surface area contributed by atoms with Crippen LogP contribution in [-0.4, -0.2) is 175 Å². The monoisotopic (exact) mass is 1140 g/mol. The Morgan fingerprint density at radius 3 is 2.01 bits per heavy atom. The number of hydrogen-bond donors (Lipinski definition) is 10. The Balaban J connectivity index is 1.06. The van der Waals surface area contributed by atoms with Crippen LogP contribution in [0.5, 0.6) is 11.5 Å². The van der Waals surface area contributed by atoms with Gasteiger partial charge in [0.2, 0.25) is 35.4 Å². The molecular formula is C59H85N13O10. The van der Waals surface area contributed by atoms with Crippen molar-refractivity contribution in [2.45, 2.75) is 152 Å². The van der Waals surface area contributed by atoms with Crippen molar-refractivity contribution >= 4 is 58.7 Å². The molecule has 7 unspecified atom stereocenters. The quantitative estimate of drug-likeness (QED) is 0.0462. The van der Waals surface area contributed by atoms with Crippen LogP contribution in [0.25, 0.3) is 0 Å². The van der Waals surface area contributed by atoms with E-state index in [9.17, 15) is 43.8 Å². The van der Waals surface area contributed by atoms with Gasteiger partial charge in [0.25, 0.3) is 5.91 Å². The minimum atomic E-state index is -1.55. The van der Waals surface area contributed by atoms with Gasteiger partial charge in [-0.2, -0.15) is 0 Å². The van der Waals surface area contributed by atoms with E-state index >= 15 is 0 Å². The molecule has 0 aromatic heterocycles. The topological polar surface area (TPSA) is 333 Å². The standard InChI is InChI=1S/C59H85N13O10/c1-3-4-5-6-7-8-35-82-45-24-20-43(21-25-45)70-33-31-69(32-34-70)42-18-16-40(17-19-42)52(75)65-46-11-9-29-63-55(78)50-36-41(64-59(61)62)37-72(50)57(80)48(27-28-60)67-53(76)47(26-15-39-13-22-44(74)23-14-39)66-56(79)49-12-10-30-71(49)58(81)51(38(2)73)68-54(46)77/h13-14,16-25,38,41,46-51,73-74H,3-12,15,26-37,60H2,1-2H3,(H,63,78)(H,65,75)(H,66,79)(H,67,76)(H,68,77)(H4,61,62,64)/t38-,41?,46?,47?,48?,49?,50?,51?/m1/s1. The van der Waals surface area contributed by atoms with E-state index in [0.717, 1.165) is 55.3 Å². The number of fused-ring (bicyclic) bond motifs is 2. The maximum absolute atomic E-state index is 14.5. The Kier molecular flexibility index (Phi) is 23.0. The number of aliphatic hydroxyl groups is 1. The molecule has 4 aliphatic rings. The molecule has 23 heteroatoms. The number of nitrogens with zero attached hydrogens (tertiary/aromatic N) is 5. The molecule has 7 rings (SSSR count). The van der Waals surface area contributed by atoms with E-state index in [4.69, 9.17) is 21.9 Å². The number of unbranched alkanes of at least 4 members (excludes halogenated alkanes) is 5. The summed E-state index contributed by atoms with van der Waals surface area (Å²) < 4.78 is 6.00. The minimum absolute atomic E-state index is 0.0152. The van der Waals surface area contributed by atoms with E-state index in [2.05, 4.69) is 60.4 Å². The van der Waals surface area contributed by atoms with Crippen LogP contribution < -0.4 is 58.3 Å². The predicted octanol–water partition coefficient (Wildman–Crippen LogP) is 1.52. The summed E-state index contributed by atoms with van der Waals surface area (Å²) in [5, 5.41) is 34.9. The van der Waals surface area contributed by atoms with E-state index in [0.29, 0.717) is 13.0 Å². The second-order valence-corrected chi connectivity index (χ2v) is 21.9. The number of carbonyl (C=O) groups is 7. The van der Waals surface area contributed by atoms with Crippen LogP contribution in [-0.2, 0) is 35.2 Å². The van der Waals surface area contributed by atoms with Crippen molar-refractivity contribution in [3.05, 3.63) is 83.9 Å². The highest BCUT2D eigenvalue weighted by Gasteiger charge is 2.44. The molecule has 4 aliphatic heterocycles. The maximum Gasteiger partial charge on any atom is 0.251 e. The number of aryl methyl sites for hydroxylation is 1. The van der Waals surface area contributed by atoms with Crippen molar-refractivity contribution in [1.82, 2.24) is 36.4 Å². The number of piperazine rings is 1. The van der Waals surface area contributed by atoms with Gasteiger partial charge < -0.3 is 78.3 Å². The maximum atomic E-state index is 14.5. The van der Waals surface area contributed by atoms with Crippen molar-refractivity contribution in [2.75, 3.05) is 68.8 Å². The number of anilines is 2. The van der Waals surface area contributed by atoms with Gasteiger partial charge in [0.1, 0.15) is 47.8 Å². The number of aliphatic imine (C=N–C) groups is 1. The van der Waals surface area contributed by atoms with Gasteiger partial charge in [-0.1, -0.05) is 51.2 Å². The van der Waals surface area contributed by atoms with Gasteiger partial charge in [-0.05, 0) is 131 Å². The third kappa shape index (κ3) is 17.2. The first kappa shape index (κ1) is 61.9. The lowest BCUT2D eigenvalue weighted by Crippen LogP contribution is -2.61. The molecule has 446 valence electrons. The van der Waals surface area contributed by atoms with Crippen molar-refractivity contribution in [2.24, 2.45) is 22.2 Å². The molecule has 0 spiro atoms. The number of amides is 7. The van der Waals surface area contributed by atoms with Crippen LogP contribution in [0.15, 0.2) is 77.8 Å². The van der Waals surface area contributed by atoms with Gasteiger partial charge in [-0.3, -0.25) is 33.6 Å². The number of nitrogens with one attached hydrogen (secondary N) is 5. The van der Waals surface area contributed by atoms with Crippen LogP contribution in [0, 0.1) is 0 Å². The molecule has 7 amide bonds. The number of aliphatic hydroxyl groups excluding tert-OH is 1. The first-order valence-corrected chi connectivity index (χ1v) is 29.2. The highest BCUT2D eigenvalue weighted by Crippen LogP contribution is 2.26. The van der Waals surface area contributed by atoms with Crippen LogP contribution in [0.4, 0.5) is 11.4 Å². The third-order valence-corrected chi connectivity index (χ3v) is 15.8. The highest BCUT2D eigenvalue weighted by molar-refractivity contribution is 6.00. The Bertz CT molecular complexity index is 2650. The fraction of sp³-hybridized carbons (Fsp3) is 0.559. The van der Waals surface area contributed by atoms with Crippen LogP contribution in [0.3, 0.4) is 0 Å². The molecule has 8 atom stereocenters. The third-order valence-electron chi connectivity index (χ3n) is 15.8. The molecule has 23 nitrogen and oxygen atoms in total. The number of ether oxygens (including phenoxy) is 1. The zero-order valence-electron chi connectivity index (χ0n) is 47.4. The number of guanidine groups is 1. The molecule has 4 fully saturated rings. The largest absolute Gasteiger partial charge is 0.508 e. The molecule has 0 saturated carbocycles. The summed E-state index contributed by atoms with van der Waals surface area (Å²) >= 11 is 0. The number of nitrogens with two attached hydrogens (primary N) is 3. The molecule has 3 aromatic carbocycles. The Morgan fingerprint density at radius 2 is 1.37 bits per heavy atom. The van der Waals surface area contributed by atoms with E-state index < -0.39 is 89.7 Å². The summed E-state index contributed by atoms with van der Waals surface area (Å²) in [6.07, 6.45) is 6.77. The van der Waals surface area contributed by atoms with Crippen LogP contribution >= 0.6 is 0 Å². The Labute approximate surface area is 480 Å². The molecule has 82 heavy (non-hydrogen) atoms. The predicted molar refractivity (Wildman–Crippen MR) is 312 cm³/mol. The van der Waals surface area contributed by atoms with Gasteiger partial charge in [-0.15, -0.1) is 0 Å². The summed E-state index contributed by atoms with van der Waals surface area (Å²) in [6.45, 7) is 7.29. The molecule has 3 aromatic rings. The molecular weight excluding hydrogens is 1050 g/mol. The molecule has 13 N–H and O–H groups in total. The number of phenolic OH excluding ortho intramolecular Hbond substituents is 1. The molecule has 4 saturated heterocycles. The zero-order chi connectivity index (χ0) is 58.7.